The minimum Gasteiger partial charge on any atom is -0.309 e. The van der Waals surface area contributed by atoms with Crippen molar-refractivity contribution < 1.29 is 0 Å². The van der Waals surface area contributed by atoms with Crippen LogP contribution in [0.4, 0.5) is 0 Å². The summed E-state index contributed by atoms with van der Waals surface area (Å²) in [4.78, 5) is 11.5. The molecule has 1 unspecified atom stereocenters. The summed E-state index contributed by atoms with van der Waals surface area (Å²) in [5, 5.41) is 9.96. The maximum Gasteiger partial charge on any atom is 0.160 e. The molecule has 12 aromatic rings. The number of thiophene rings is 1. The van der Waals surface area contributed by atoms with Gasteiger partial charge in [-0.15, -0.1) is 11.3 Å². The van der Waals surface area contributed by atoms with Crippen LogP contribution >= 0.6 is 11.3 Å². The summed E-state index contributed by atoms with van der Waals surface area (Å²) in [6, 6.07) is 76.0. The smallest absolute Gasteiger partial charge is 0.160 e. The van der Waals surface area contributed by atoms with Crippen LogP contribution in [0.3, 0.4) is 0 Å². The van der Waals surface area contributed by atoms with Gasteiger partial charge in [-0.3, -0.25) is 0 Å². The Morgan fingerprint density at radius 3 is 1.87 bits per heavy atom. The molecule has 0 amide bonds. The molecule has 0 radical (unpaired) electrons. The fourth-order valence-corrected chi connectivity index (χ4v) is 12.2. The van der Waals surface area contributed by atoms with Crippen molar-refractivity contribution in [2.24, 2.45) is 15.9 Å². The van der Waals surface area contributed by atoms with E-state index < -0.39 is 0 Å². The van der Waals surface area contributed by atoms with E-state index in [0.29, 0.717) is 5.84 Å². The van der Waals surface area contributed by atoms with Gasteiger partial charge in [-0.1, -0.05) is 165 Å². The van der Waals surface area contributed by atoms with Gasteiger partial charge in [0.1, 0.15) is 0 Å². The summed E-state index contributed by atoms with van der Waals surface area (Å²) in [7, 11) is 0. The zero-order valence-electron chi connectivity index (χ0n) is 37.4. The number of aromatic nitrogens is 1. The number of fused-ring (bicyclic) bond motifs is 11. The first-order valence-corrected chi connectivity index (χ1v) is 24.5. The molecule has 0 saturated carbocycles. The molecule has 68 heavy (non-hydrogen) atoms. The van der Waals surface area contributed by atoms with Crippen LogP contribution in [0.2, 0.25) is 0 Å². The second-order valence-corrected chi connectivity index (χ2v) is 19.6. The first kappa shape index (κ1) is 39.0. The van der Waals surface area contributed by atoms with Crippen LogP contribution in [0.1, 0.15) is 41.2 Å². The van der Waals surface area contributed by atoms with E-state index in [4.69, 9.17) is 9.98 Å². The molecule has 3 heterocycles. The fourth-order valence-electron chi connectivity index (χ4n) is 11.0. The zero-order chi connectivity index (χ0) is 44.9. The molecule has 2 aromatic heterocycles. The van der Waals surface area contributed by atoms with Crippen molar-refractivity contribution in [3.8, 4) is 27.9 Å². The molecule has 0 spiro atoms. The van der Waals surface area contributed by atoms with E-state index in [9.17, 15) is 0 Å². The number of aliphatic imine (C=N–C) groups is 2. The molecule has 1 atom stereocenters. The highest BCUT2D eigenvalue weighted by Crippen LogP contribution is 2.44. The van der Waals surface area contributed by atoms with E-state index in [1.165, 1.54) is 96.9 Å². The third-order valence-electron chi connectivity index (χ3n) is 14.4. The molecule has 2 aliphatic rings. The molecule has 1 aliphatic carbocycles. The van der Waals surface area contributed by atoms with E-state index in [1.54, 1.807) is 0 Å². The normalized spacial score (nSPS) is 17.1. The molecule has 10 aromatic carbocycles. The molecule has 14 rings (SSSR count). The molecular formula is C64H43N3S. The molecule has 0 fully saturated rings. The van der Waals surface area contributed by atoms with Crippen molar-refractivity contribution in [3.05, 3.63) is 240 Å². The molecule has 320 valence electrons. The lowest BCUT2D eigenvalue weighted by molar-refractivity contribution is 0.790. The van der Waals surface area contributed by atoms with E-state index in [2.05, 4.69) is 224 Å². The molecule has 3 nitrogen and oxygen atoms in total. The second-order valence-electron chi connectivity index (χ2n) is 18.5. The third kappa shape index (κ3) is 6.32. The monoisotopic (exact) mass is 885 g/mol. The third-order valence-corrected chi connectivity index (χ3v) is 15.5. The molecule has 0 N–H and O–H groups in total. The number of benzene rings is 10. The highest BCUT2D eigenvalue weighted by atomic mass is 32.1. The van der Waals surface area contributed by atoms with Crippen molar-refractivity contribution in [2.75, 3.05) is 0 Å². The molecule has 0 saturated heterocycles. The molecular weight excluding hydrogens is 843 g/mol. The Balaban J connectivity index is 1.05. The van der Waals surface area contributed by atoms with Gasteiger partial charge in [-0.25, -0.2) is 9.98 Å². The van der Waals surface area contributed by atoms with Crippen molar-refractivity contribution in [2.45, 2.75) is 19.8 Å². The quantitative estimate of drug-likeness (QED) is 0.165. The van der Waals surface area contributed by atoms with Gasteiger partial charge in [0.15, 0.2) is 5.84 Å². The predicted octanol–water partition coefficient (Wildman–Crippen LogP) is 17.0. The van der Waals surface area contributed by atoms with Crippen molar-refractivity contribution in [3.63, 3.8) is 0 Å². The van der Waals surface area contributed by atoms with Gasteiger partial charge in [0.25, 0.3) is 0 Å². The largest absolute Gasteiger partial charge is 0.309 e. The first-order valence-electron chi connectivity index (χ1n) is 23.6. The van der Waals surface area contributed by atoms with Crippen molar-refractivity contribution in [1.29, 1.82) is 0 Å². The van der Waals surface area contributed by atoms with Crippen LogP contribution in [0.15, 0.2) is 222 Å². The second kappa shape index (κ2) is 15.4. The lowest BCUT2D eigenvalue weighted by Gasteiger charge is -2.23. The zero-order valence-corrected chi connectivity index (χ0v) is 38.3. The highest BCUT2D eigenvalue weighted by Gasteiger charge is 2.28. The summed E-state index contributed by atoms with van der Waals surface area (Å²) >= 11 is 1.83. The van der Waals surface area contributed by atoms with E-state index in [0.717, 1.165) is 46.6 Å². The summed E-state index contributed by atoms with van der Waals surface area (Å²) < 4.78 is 5.06. The number of hydrogen-bond acceptors (Lipinski definition) is 3. The summed E-state index contributed by atoms with van der Waals surface area (Å²) in [6.45, 7) is 2.35. The van der Waals surface area contributed by atoms with Crippen LogP contribution in [0.5, 0.6) is 0 Å². The van der Waals surface area contributed by atoms with Gasteiger partial charge in [-0.2, -0.15) is 0 Å². The Kier molecular flexibility index (Phi) is 8.87. The summed E-state index contributed by atoms with van der Waals surface area (Å²) in [6.07, 6.45) is 4.01. The summed E-state index contributed by atoms with van der Waals surface area (Å²) in [5.74, 6) is 0.761. The van der Waals surface area contributed by atoms with Gasteiger partial charge < -0.3 is 4.57 Å². The van der Waals surface area contributed by atoms with Gasteiger partial charge >= 0.3 is 0 Å². The molecule has 0 bridgehead atoms. The standard InChI is InChI=1S/C64H43N3S/c1-39-26-29-57(47-22-13-21-41(30-47)40-14-3-2-4-15-40)65-64(48-27-28-52-51-24-11-12-25-61(51)68-62(52)37-48)66-63(39)56-38-53-49(31-46-20-9-10-23-50(46)53)36-60(56)67-58-34-44-18-7-5-16-42(44)32-54(58)55-33-43-17-6-8-19-45(43)35-59(55)67/h2-25,27-30,32-39H,26,31H2,1H3/b57-29+,65-64-,66-63+. The number of hydrogen-bond donors (Lipinski definition) is 0. The Labute approximate surface area is 398 Å². The number of rotatable bonds is 5. The SMILES string of the molecule is CC1C/C=C(c2cccc(-c3ccccc3)c2)/N=C(c2ccc3c(c2)sc2ccccc23)\N=C/1c1cc2c(cc1-n1c3cc4ccccc4cc3c3cc4ccccc4cc31)Cc1ccccc1-2. The van der Waals surface area contributed by atoms with Crippen LogP contribution in [-0.2, 0) is 6.42 Å². The minimum atomic E-state index is 0.0454. The molecule has 1 aliphatic heterocycles. The van der Waals surface area contributed by atoms with Crippen molar-refractivity contribution in [1.82, 2.24) is 4.57 Å². The summed E-state index contributed by atoms with van der Waals surface area (Å²) in [5.41, 5.74) is 16.4. The van der Waals surface area contributed by atoms with E-state index in [-0.39, 0.29) is 5.92 Å². The maximum atomic E-state index is 5.90. The van der Waals surface area contributed by atoms with Crippen LogP contribution < -0.4 is 0 Å². The predicted molar refractivity (Wildman–Crippen MR) is 290 cm³/mol. The Morgan fingerprint density at radius 1 is 0.441 bits per heavy atom. The Morgan fingerprint density at radius 2 is 1.09 bits per heavy atom. The van der Waals surface area contributed by atoms with Crippen molar-refractivity contribution >= 4 is 92.1 Å². The number of nitrogens with zero attached hydrogens (tertiary/aromatic N) is 3. The first-order chi connectivity index (χ1) is 33.6. The van der Waals surface area contributed by atoms with Crippen LogP contribution in [-0.4, -0.2) is 16.1 Å². The van der Waals surface area contributed by atoms with E-state index >= 15 is 0 Å². The van der Waals surface area contributed by atoms with E-state index in [1.807, 2.05) is 11.3 Å². The average molecular weight is 886 g/mol. The van der Waals surface area contributed by atoms with Gasteiger partial charge in [-0.05, 0) is 122 Å². The Hall–Kier alpha value is -8.18. The number of allylic oxidation sites excluding steroid dienone is 1. The highest BCUT2D eigenvalue weighted by molar-refractivity contribution is 7.25. The lowest BCUT2D eigenvalue weighted by Crippen LogP contribution is -2.19. The van der Waals surface area contributed by atoms with Crippen LogP contribution in [0.25, 0.3) is 97.2 Å². The maximum absolute atomic E-state index is 5.90. The topological polar surface area (TPSA) is 29.6 Å². The van der Waals surface area contributed by atoms with Gasteiger partial charge in [0, 0.05) is 53.6 Å². The molecule has 4 heteroatoms. The van der Waals surface area contributed by atoms with Gasteiger partial charge in [0.2, 0.25) is 0 Å². The minimum absolute atomic E-state index is 0.0454. The average Bonchev–Trinajstić information content (AvgIpc) is 4.04. The Bertz CT molecular complexity index is 4070. The van der Waals surface area contributed by atoms with Crippen LogP contribution in [0, 0.1) is 5.92 Å². The lowest BCUT2D eigenvalue weighted by atomic mass is 9.89. The van der Waals surface area contributed by atoms with Gasteiger partial charge in [0.05, 0.1) is 28.1 Å². The number of amidine groups is 1. The fraction of sp³-hybridized carbons (Fsp3) is 0.0625.